The van der Waals surface area contributed by atoms with E-state index in [1.54, 1.807) is 12.1 Å². The van der Waals surface area contributed by atoms with Crippen LogP contribution in [0, 0.1) is 6.92 Å². The second-order valence-electron chi connectivity index (χ2n) is 3.48. The summed E-state index contributed by atoms with van der Waals surface area (Å²) in [6.45, 7) is 1.84. The van der Waals surface area contributed by atoms with Crippen LogP contribution in [0.5, 0.6) is 0 Å². The van der Waals surface area contributed by atoms with Crippen LogP contribution in [0.25, 0.3) is 0 Å². The number of halogens is 2. The standard InChI is InChI=1S/C12H12Cl2N2O2/c1-7-5-3-4-6-8(7)16-12(18)10(14)9(13)11(17)15-2/h3-6H,1-2H3,(H,15,17)(H,16,18)/b10-9-. The highest BCUT2D eigenvalue weighted by Gasteiger charge is 2.17. The van der Waals surface area contributed by atoms with Gasteiger partial charge in [0.25, 0.3) is 11.8 Å². The second-order valence-corrected chi connectivity index (χ2v) is 4.23. The molecule has 0 saturated carbocycles. The first-order valence-electron chi connectivity index (χ1n) is 5.11. The number of amides is 2. The summed E-state index contributed by atoms with van der Waals surface area (Å²) in [6.07, 6.45) is 0. The van der Waals surface area contributed by atoms with Crippen molar-refractivity contribution in [3.8, 4) is 0 Å². The molecule has 2 amide bonds. The number of hydrogen-bond donors (Lipinski definition) is 2. The average molecular weight is 287 g/mol. The zero-order valence-electron chi connectivity index (χ0n) is 9.88. The summed E-state index contributed by atoms with van der Waals surface area (Å²) in [6, 6.07) is 7.19. The van der Waals surface area contributed by atoms with Gasteiger partial charge in [0.15, 0.2) is 0 Å². The van der Waals surface area contributed by atoms with Gasteiger partial charge >= 0.3 is 0 Å². The molecule has 0 spiro atoms. The lowest BCUT2D eigenvalue weighted by molar-refractivity contribution is -0.117. The van der Waals surface area contributed by atoms with Crippen molar-refractivity contribution < 1.29 is 9.59 Å². The van der Waals surface area contributed by atoms with E-state index in [1.807, 2.05) is 19.1 Å². The predicted molar refractivity (Wildman–Crippen MR) is 72.6 cm³/mol. The molecule has 0 aliphatic heterocycles. The number of anilines is 1. The molecule has 96 valence electrons. The summed E-state index contributed by atoms with van der Waals surface area (Å²) in [5, 5.41) is 4.17. The van der Waals surface area contributed by atoms with E-state index < -0.39 is 11.8 Å². The van der Waals surface area contributed by atoms with Crippen molar-refractivity contribution in [1.82, 2.24) is 5.32 Å². The Bertz CT molecular complexity index is 513. The smallest absolute Gasteiger partial charge is 0.268 e. The Morgan fingerprint density at radius 2 is 1.61 bits per heavy atom. The number of likely N-dealkylation sites (N-methyl/N-ethyl adjacent to an activating group) is 1. The molecule has 0 heterocycles. The van der Waals surface area contributed by atoms with Gasteiger partial charge in [-0.2, -0.15) is 0 Å². The summed E-state index contributed by atoms with van der Waals surface area (Å²) in [4.78, 5) is 23.0. The monoisotopic (exact) mass is 286 g/mol. The summed E-state index contributed by atoms with van der Waals surface area (Å²) in [5.41, 5.74) is 1.49. The van der Waals surface area contributed by atoms with Gasteiger partial charge in [-0.25, -0.2) is 0 Å². The maximum atomic E-state index is 11.8. The minimum atomic E-state index is -0.625. The molecule has 0 aliphatic carbocycles. The van der Waals surface area contributed by atoms with Gasteiger partial charge in [0, 0.05) is 12.7 Å². The maximum absolute atomic E-state index is 11.8. The molecule has 1 aromatic carbocycles. The normalized spacial score (nSPS) is 11.6. The molecule has 0 saturated heterocycles. The average Bonchev–Trinajstić information content (AvgIpc) is 2.38. The number of para-hydroxylation sites is 1. The van der Waals surface area contributed by atoms with E-state index in [9.17, 15) is 9.59 Å². The molecular weight excluding hydrogens is 275 g/mol. The van der Waals surface area contributed by atoms with Crippen molar-refractivity contribution in [3.05, 3.63) is 39.9 Å². The maximum Gasteiger partial charge on any atom is 0.268 e. The molecule has 0 aliphatic rings. The molecule has 2 N–H and O–H groups in total. The molecule has 0 unspecified atom stereocenters. The molecule has 6 heteroatoms. The molecule has 0 radical (unpaired) electrons. The molecule has 4 nitrogen and oxygen atoms in total. The third kappa shape index (κ3) is 3.48. The van der Waals surface area contributed by atoms with Gasteiger partial charge in [-0.05, 0) is 18.6 Å². The van der Waals surface area contributed by atoms with Crippen molar-refractivity contribution in [1.29, 1.82) is 0 Å². The first-order chi connectivity index (χ1) is 8.47. The van der Waals surface area contributed by atoms with Gasteiger partial charge < -0.3 is 10.6 Å². The Kier molecular flexibility index (Phi) is 5.19. The zero-order valence-corrected chi connectivity index (χ0v) is 11.4. The third-order valence-corrected chi connectivity index (χ3v) is 3.03. The van der Waals surface area contributed by atoms with Crippen LogP contribution in [0.15, 0.2) is 34.3 Å². The van der Waals surface area contributed by atoms with Gasteiger partial charge in [0.05, 0.1) is 0 Å². The van der Waals surface area contributed by atoms with E-state index in [1.165, 1.54) is 7.05 Å². The highest BCUT2D eigenvalue weighted by Crippen LogP contribution is 2.19. The second kappa shape index (κ2) is 6.42. The number of benzene rings is 1. The van der Waals surface area contributed by atoms with E-state index in [-0.39, 0.29) is 10.1 Å². The molecule has 1 aromatic rings. The number of nitrogens with one attached hydrogen (secondary N) is 2. The zero-order chi connectivity index (χ0) is 13.7. The van der Waals surface area contributed by atoms with Crippen LogP contribution in [0.2, 0.25) is 0 Å². The minimum Gasteiger partial charge on any atom is -0.354 e. The highest BCUT2D eigenvalue weighted by molar-refractivity contribution is 6.54. The van der Waals surface area contributed by atoms with Crippen LogP contribution >= 0.6 is 23.2 Å². The predicted octanol–water partition coefficient (Wildman–Crippen LogP) is 2.37. The summed E-state index contributed by atoms with van der Waals surface area (Å²) in [7, 11) is 1.40. The van der Waals surface area contributed by atoms with Crippen LogP contribution < -0.4 is 10.6 Å². The molecule has 0 atom stereocenters. The fourth-order valence-electron chi connectivity index (χ4n) is 1.20. The van der Waals surface area contributed by atoms with Crippen molar-refractivity contribution in [2.24, 2.45) is 0 Å². The highest BCUT2D eigenvalue weighted by atomic mass is 35.5. The van der Waals surface area contributed by atoms with Crippen molar-refractivity contribution in [3.63, 3.8) is 0 Å². The molecule has 0 aromatic heterocycles. The number of carbonyl (C=O) groups is 2. The van der Waals surface area contributed by atoms with Crippen molar-refractivity contribution >= 4 is 40.7 Å². The van der Waals surface area contributed by atoms with Crippen LogP contribution in [-0.2, 0) is 9.59 Å². The van der Waals surface area contributed by atoms with Gasteiger partial charge in [0.2, 0.25) is 0 Å². The topological polar surface area (TPSA) is 58.2 Å². The lowest BCUT2D eigenvalue weighted by Crippen LogP contribution is -2.21. The van der Waals surface area contributed by atoms with Gasteiger partial charge in [-0.3, -0.25) is 9.59 Å². The summed E-state index contributed by atoms with van der Waals surface area (Å²) < 4.78 is 0. The van der Waals surface area contributed by atoms with Crippen LogP contribution in [0.1, 0.15) is 5.56 Å². The Morgan fingerprint density at radius 3 is 2.17 bits per heavy atom. The quantitative estimate of drug-likeness (QED) is 0.838. The minimum absolute atomic E-state index is 0.342. The van der Waals surface area contributed by atoms with Crippen LogP contribution in [0.3, 0.4) is 0 Å². The molecule has 0 fully saturated rings. The molecule has 0 bridgehead atoms. The molecule has 1 rings (SSSR count). The van der Waals surface area contributed by atoms with E-state index in [4.69, 9.17) is 23.2 Å². The largest absolute Gasteiger partial charge is 0.354 e. The number of rotatable bonds is 3. The van der Waals surface area contributed by atoms with Crippen molar-refractivity contribution in [2.75, 3.05) is 12.4 Å². The molecular formula is C12H12Cl2N2O2. The Labute approximate surface area is 115 Å². The first kappa shape index (κ1) is 14.5. The Balaban J connectivity index is 2.90. The van der Waals surface area contributed by atoms with Gasteiger partial charge in [-0.1, -0.05) is 41.4 Å². The van der Waals surface area contributed by atoms with E-state index in [0.717, 1.165) is 5.56 Å². The fraction of sp³-hybridized carbons (Fsp3) is 0.167. The Morgan fingerprint density at radius 1 is 1.06 bits per heavy atom. The number of aryl methyl sites for hydroxylation is 1. The van der Waals surface area contributed by atoms with E-state index in [2.05, 4.69) is 10.6 Å². The van der Waals surface area contributed by atoms with E-state index >= 15 is 0 Å². The number of carbonyl (C=O) groups excluding carboxylic acids is 2. The first-order valence-corrected chi connectivity index (χ1v) is 5.87. The summed E-state index contributed by atoms with van der Waals surface area (Å²) >= 11 is 11.4. The van der Waals surface area contributed by atoms with E-state index in [0.29, 0.717) is 5.69 Å². The summed E-state index contributed by atoms with van der Waals surface area (Å²) in [5.74, 6) is -1.24. The third-order valence-electron chi connectivity index (χ3n) is 2.21. The van der Waals surface area contributed by atoms with Crippen LogP contribution in [-0.4, -0.2) is 18.9 Å². The number of hydrogen-bond acceptors (Lipinski definition) is 2. The SMILES string of the molecule is CNC(=O)/C(Cl)=C(/Cl)C(=O)Nc1ccccc1C. The van der Waals surface area contributed by atoms with Crippen molar-refractivity contribution in [2.45, 2.75) is 6.92 Å². The lowest BCUT2D eigenvalue weighted by atomic mass is 10.2. The van der Waals surface area contributed by atoms with Gasteiger partial charge in [0.1, 0.15) is 10.1 Å². The van der Waals surface area contributed by atoms with Crippen LogP contribution in [0.4, 0.5) is 5.69 Å². The lowest BCUT2D eigenvalue weighted by Gasteiger charge is -2.08. The fourth-order valence-corrected chi connectivity index (χ4v) is 1.51. The van der Waals surface area contributed by atoms with Gasteiger partial charge in [-0.15, -0.1) is 0 Å². The Hall–Kier alpha value is -1.52. The molecule has 18 heavy (non-hydrogen) atoms.